The molecule has 0 fully saturated rings. The third kappa shape index (κ3) is 4.49. The summed E-state index contributed by atoms with van der Waals surface area (Å²) in [6.07, 6.45) is 0. The smallest absolute Gasteiger partial charge is 0.175 e. The monoisotopic (exact) mass is 398 g/mol. The Kier molecular flexibility index (Phi) is 5.82. The number of aromatic nitrogens is 2. The van der Waals surface area contributed by atoms with Gasteiger partial charge in [0.1, 0.15) is 0 Å². The Hall–Kier alpha value is -2.37. The number of hydrogen-bond donors (Lipinski definition) is 2. The molecule has 0 atom stereocenters. The van der Waals surface area contributed by atoms with E-state index in [4.69, 9.17) is 23.8 Å². The van der Waals surface area contributed by atoms with Gasteiger partial charge in [-0.25, -0.2) is 0 Å². The summed E-state index contributed by atoms with van der Waals surface area (Å²) in [7, 11) is 0. The minimum Gasteiger partial charge on any atom is -0.332 e. The molecule has 0 aliphatic heterocycles. The van der Waals surface area contributed by atoms with Gasteiger partial charge in [0.05, 0.1) is 23.6 Å². The zero-order chi connectivity index (χ0) is 19.6. The number of nitrogens with one attached hydrogen (secondary N) is 2. The van der Waals surface area contributed by atoms with Gasteiger partial charge >= 0.3 is 0 Å². The Morgan fingerprint density at radius 3 is 2.52 bits per heavy atom. The minimum atomic E-state index is 0.516. The number of rotatable bonds is 4. The van der Waals surface area contributed by atoms with Crippen LogP contribution in [0.25, 0.3) is 0 Å². The molecule has 0 aliphatic rings. The molecule has 2 aromatic carbocycles. The molecule has 0 saturated carbocycles. The summed E-state index contributed by atoms with van der Waals surface area (Å²) in [5, 5.41) is 12.4. The fourth-order valence-electron chi connectivity index (χ4n) is 2.98. The van der Waals surface area contributed by atoms with E-state index >= 15 is 0 Å². The summed E-state index contributed by atoms with van der Waals surface area (Å²) in [5.41, 5.74) is 7.37. The summed E-state index contributed by atoms with van der Waals surface area (Å²) in [6, 6.07) is 14.0. The second kappa shape index (κ2) is 8.11. The number of anilines is 2. The van der Waals surface area contributed by atoms with E-state index in [1.165, 1.54) is 11.1 Å². The van der Waals surface area contributed by atoms with Crippen LogP contribution in [0.5, 0.6) is 0 Å². The van der Waals surface area contributed by atoms with Crippen LogP contribution in [0, 0.1) is 27.7 Å². The molecule has 140 valence electrons. The van der Waals surface area contributed by atoms with Crippen molar-refractivity contribution in [1.82, 2.24) is 9.78 Å². The van der Waals surface area contributed by atoms with Crippen molar-refractivity contribution < 1.29 is 0 Å². The second-order valence-electron chi connectivity index (χ2n) is 6.67. The molecule has 27 heavy (non-hydrogen) atoms. The summed E-state index contributed by atoms with van der Waals surface area (Å²) >= 11 is 11.6. The van der Waals surface area contributed by atoms with E-state index in [0.29, 0.717) is 10.1 Å². The summed E-state index contributed by atoms with van der Waals surface area (Å²) in [5.74, 6) is 0. The molecular weight excluding hydrogens is 376 g/mol. The molecular formula is C21H23ClN4S. The van der Waals surface area contributed by atoms with Crippen LogP contribution in [-0.4, -0.2) is 14.9 Å². The Balaban J connectivity index is 1.77. The quantitative estimate of drug-likeness (QED) is 0.559. The predicted octanol–water partition coefficient (Wildman–Crippen LogP) is 5.63. The average molecular weight is 399 g/mol. The Morgan fingerprint density at radius 1 is 1.04 bits per heavy atom. The van der Waals surface area contributed by atoms with Crippen molar-refractivity contribution in [2.45, 2.75) is 34.2 Å². The first kappa shape index (κ1) is 19.4. The maximum atomic E-state index is 6.09. The van der Waals surface area contributed by atoms with Crippen LogP contribution >= 0.6 is 23.8 Å². The first-order chi connectivity index (χ1) is 12.8. The third-order valence-corrected chi connectivity index (χ3v) is 5.09. The third-order valence-electron chi connectivity index (χ3n) is 4.65. The van der Waals surface area contributed by atoms with Crippen molar-refractivity contribution >= 4 is 40.3 Å². The van der Waals surface area contributed by atoms with E-state index in [2.05, 4.69) is 46.9 Å². The highest BCUT2D eigenvalue weighted by atomic mass is 35.5. The lowest BCUT2D eigenvalue weighted by atomic mass is 10.1. The number of halogens is 1. The molecule has 0 amide bonds. The van der Waals surface area contributed by atoms with Crippen LogP contribution in [0.4, 0.5) is 11.4 Å². The lowest BCUT2D eigenvalue weighted by Crippen LogP contribution is -2.20. The molecule has 0 radical (unpaired) electrons. The van der Waals surface area contributed by atoms with Crippen molar-refractivity contribution in [2.24, 2.45) is 0 Å². The van der Waals surface area contributed by atoms with Gasteiger partial charge in [-0.15, -0.1) is 0 Å². The second-order valence-corrected chi connectivity index (χ2v) is 7.51. The zero-order valence-electron chi connectivity index (χ0n) is 15.9. The van der Waals surface area contributed by atoms with E-state index in [9.17, 15) is 0 Å². The van der Waals surface area contributed by atoms with Crippen LogP contribution in [0.15, 0.2) is 42.5 Å². The lowest BCUT2D eigenvalue weighted by molar-refractivity contribution is 0.657. The molecule has 2 N–H and O–H groups in total. The first-order valence-electron chi connectivity index (χ1n) is 8.78. The highest BCUT2D eigenvalue weighted by Gasteiger charge is 2.14. The summed E-state index contributed by atoms with van der Waals surface area (Å²) in [4.78, 5) is 0. The Morgan fingerprint density at radius 2 is 1.78 bits per heavy atom. The zero-order valence-corrected chi connectivity index (χ0v) is 17.5. The summed E-state index contributed by atoms with van der Waals surface area (Å²) < 4.78 is 2.01. The van der Waals surface area contributed by atoms with Gasteiger partial charge in [-0.3, -0.25) is 4.68 Å². The minimum absolute atomic E-state index is 0.516. The van der Waals surface area contributed by atoms with Crippen LogP contribution in [0.1, 0.15) is 28.1 Å². The van der Waals surface area contributed by atoms with Crippen molar-refractivity contribution in [2.75, 3.05) is 10.6 Å². The number of nitrogens with zero attached hydrogens (tertiary/aromatic N) is 2. The average Bonchev–Trinajstić information content (AvgIpc) is 2.87. The molecule has 3 rings (SSSR count). The van der Waals surface area contributed by atoms with Gasteiger partial charge in [-0.2, -0.15) is 5.10 Å². The van der Waals surface area contributed by atoms with E-state index in [0.717, 1.165) is 34.9 Å². The fourth-order valence-corrected chi connectivity index (χ4v) is 3.36. The topological polar surface area (TPSA) is 41.9 Å². The van der Waals surface area contributed by atoms with Gasteiger partial charge in [0.25, 0.3) is 0 Å². The maximum absolute atomic E-state index is 6.09. The largest absolute Gasteiger partial charge is 0.332 e. The molecule has 0 bridgehead atoms. The molecule has 0 saturated heterocycles. The van der Waals surface area contributed by atoms with E-state index in [1.807, 2.05) is 43.7 Å². The lowest BCUT2D eigenvalue weighted by Gasteiger charge is -2.13. The SMILES string of the molecule is Cc1ccccc1Cn1nc(C)c(NC(=S)Nc2cc(Cl)ccc2C)c1C. The normalized spacial score (nSPS) is 10.7. The Bertz CT molecular complexity index is 994. The van der Waals surface area contributed by atoms with Crippen molar-refractivity contribution in [3.05, 3.63) is 75.6 Å². The maximum Gasteiger partial charge on any atom is 0.175 e. The van der Waals surface area contributed by atoms with Gasteiger partial charge in [-0.1, -0.05) is 41.9 Å². The predicted molar refractivity (Wildman–Crippen MR) is 118 cm³/mol. The fraction of sp³-hybridized carbons (Fsp3) is 0.238. The molecule has 3 aromatic rings. The van der Waals surface area contributed by atoms with Crippen molar-refractivity contribution in [3.8, 4) is 0 Å². The molecule has 4 nitrogen and oxygen atoms in total. The molecule has 1 aromatic heterocycles. The van der Waals surface area contributed by atoms with Gasteiger partial charge < -0.3 is 10.6 Å². The van der Waals surface area contributed by atoms with Crippen LogP contribution in [-0.2, 0) is 6.54 Å². The Labute approximate surface area is 170 Å². The van der Waals surface area contributed by atoms with Crippen molar-refractivity contribution in [1.29, 1.82) is 0 Å². The van der Waals surface area contributed by atoms with E-state index in [-0.39, 0.29) is 0 Å². The molecule has 0 unspecified atom stereocenters. The van der Waals surface area contributed by atoms with Crippen LogP contribution in [0.2, 0.25) is 5.02 Å². The van der Waals surface area contributed by atoms with Gasteiger partial charge in [0.15, 0.2) is 5.11 Å². The van der Waals surface area contributed by atoms with Crippen LogP contribution < -0.4 is 10.6 Å². The summed E-state index contributed by atoms with van der Waals surface area (Å²) in [6.45, 7) is 8.89. The van der Waals surface area contributed by atoms with E-state index < -0.39 is 0 Å². The molecule has 1 heterocycles. The number of thiocarbonyl (C=S) groups is 1. The highest BCUT2D eigenvalue weighted by Crippen LogP contribution is 2.23. The number of benzene rings is 2. The van der Waals surface area contributed by atoms with Gasteiger partial charge in [0, 0.05) is 10.7 Å². The number of aryl methyl sites for hydroxylation is 3. The molecule has 0 aliphatic carbocycles. The highest BCUT2D eigenvalue weighted by molar-refractivity contribution is 7.80. The van der Waals surface area contributed by atoms with Gasteiger partial charge in [0.2, 0.25) is 0 Å². The van der Waals surface area contributed by atoms with Crippen LogP contribution in [0.3, 0.4) is 0 Å². The molecule has 6 heteroatoms. The van der Waals surface area contributed by atoms with Gasteiger partial charge in [-0.05, 0) is 68.7 Å². The standard InChI is InChI=1S/C21H23ClN4S/c1-13-7-5-6-8-17(13)12-26-16(4)20(15(3)25-26)24-21(27)23-19-11-18(22)10-9-14(19)2/h5-11H,12H2,1-4H3,(H2,23,24,27). The van der Waals surface area contributed by atoms with Crippen molar-refractivity contribution in [3.63, 3.8) is 0 Å². The van der Waals surface area contributed by atoms with E-state index in [1.54, 1.807) is 0 Å². The first-order valence-corrected chi connectivity index (χ1v) is 9.56. The molecule has 0 spiro atoms. The number of hydrogen-bond acceptors (Lipinski definition) is 2.